The number of anilines is 1. The molecule has 4 rings (SSSR count). The molecule has 0 saturated heterocycles. The summed E-state index contributed by atoms with van der Waals surface area (Å²) in [6, 6.07) is 14.2. The molecular formula is C20H16ClN3O3. The molecule has 7 heteroatoms. The molecular weight excluding hydrogens is 366 g/mol. The molecule has 136 valence electrons. The number of rotatable bonds is 4. The molecule has 1 aliphatic rings. The van der Waals surface area contributed by atoms with Gasteiger partial charge >= 0.3 is 0 Å². The van der Waals surface area contributed by atoms with Crippen LogP contribution in [0, 0.1) is 0 Å². The minimum Gasteiger partial charge on any atom is -0.497 e. The minimum absolute atomic E-state index is 0.0587. The van der Waals surface area contributed by atoms with Crippen LogP contribution in [0.15, 0.2) is 48.5 Å². The minimum atomic E-state index is -0.634. The summed E-state index contributed by atoms with van der Waals surface area (Å²) in [4.78, 5) is 25.3. The van der Waals surface area contributed by atoms with E-state index in [1.165, 1.54) is 0 Å². The zero-order chi connectivity index (χ0) is 19.0. The third-order valence-electron chi connectivity index (χ3n) is 4.60. The normalized spacial score (nSPS) is 15.8. The first kappa shape index (κ1) is 17.3. The molecule has 2 aromatic carbocycles. The molecule has 0 aliphatic carbocycles. The number of hydrogen-bond acceptors (Lipinski definition) is 4. The fourth-order valence-electron chi connectivity index (χ4n) is 3.29. The molecule has 0 saturated carbocycles. The van der Waals surface area contributed by atoms with Crippen LogP contribution < -0.4 is 10.1 Å². The van der Waals surface area contributed by atoms with Gasteiger partial charge in [-0.2, -0.15) is 5.10 Å². The highest BCUT2D eigenvalue weighted by Gasteiger charge is 2.36. The standard InChI is InChI=1S/C20H16ClN3O3/c1-27-14-4-2-3-12(9-14)19(26)15-10-16(25)22-20-17(15)18(23-24-20)11-5-7-13(21)8-6-11/h2-9,15H,10H2,1H3,(H2,22,23,24,25). The fraction of sp³-hybridized carbons (Fsp3) is 0.150. The Hall–Kier alpha value is -3.12. The van der Waals surface area contributed by atoms with Crippen molar-refractivity contribution < 1.29 is 14.3 Å². The van der Waals surface area contributed by atoms with Crippen molar-refractivity contribution in [1.82, 2.24) is 10.2 Å². The number of amides is 1. The van der Waals surface area contributed by atoms with Crippen LogP contribution in [0.25, 0.3) is 11.3 Å². The van der Waals surface area contributed by atoms with E-state index in [9.17, 15) is 9.59 Å². The molecule has 1 amide bonds. The smallest absolute Gasteiger partial charge is 0.226 e. The predicted molar refractivity (Wildman–Crippen MR) is 102 cm³/mol. The summed E-state index contributed by atoms with van der Waals surface area (Å²) in [5.74, 6) is -0.0475. The highest BCUT2D eigenvalue weighted by atomic mass is 35.5. The van der Waals surface area contributed by atoms with Gasteiger partial charge in [-0.25, -0.2) is 0 Å². The van der Waals surface area contributed by atoms with Gasteiger partial charge in [0.1, 0.15) is 5.75 Å². The summed E-state index contributed by atoms with van der Waals surface area (Å²) in [5, 5.41) is 10.5. The molecule has 0 bridgehead atoms. The predicted octanol–water partition coefficient (Wildman–Crippen LogP) is 4.05. The molecule has 27 heavy (non-hydrogen) atoms. The van der Waals surface area contributed by atoms with E-state index in [4.69, 9.17) is 16.3 Å². The monoisotopic (exact) mass is 381 g/mol. The van der Waals surface area contributed by atoms with Crippen molar-refractivity contribution in [1.29, 1.82) is 0 Å². The molecule has 0 radical (unpaired) electrons. The molecule has 1 aromatic heterocycles. The summed E-state index contributed by atoms with van der Waals surface area (Å²) in [7, 11) is 1.55. The van der Waals surface area contributed by atoms with Gasteiger partial charge in [-0.15, -0.1) is 0 Å². The van der Waals surface area contributed by atoms with E-state index in [-0.39, 0.29) is 18.1 Å². The molecule has 0 fully saturated rings. The number of ether oxygens (including phenoxy) is 1. The van der Waals surface area contributed by atoms with Crippen LogP contribution in [-0.4, -0.2) is 29.0 Å². The Balaban J connectivity index is 1.79. The molecule has 1 aliphatic heterocycles. The Morgan fingerprint density at radius 3 is 2.74 bits per heavy atom. The van der Waals surface area contributed by atoms with Crippen LogP contribution in [-0.2, 0) is 4.79 Å². The molecule has 2 heterocycles. The molecule has 2 N–H and O–H groups in total. The fourth-order valence-corrected chi connectivity index (χ4v) is 3.42. The quantitative estimate of drug-likeness (QED) is 0.668. The summed E-state index contributed by atoms with van der Waals surface area (Å²) in [5.41, 5.74) is 2.71. The molecule has 1 atom stereocenters. The maximum Gasteiger partial charge on any atom is 0.226 e. The molecule has 3 aromatic rings. The average molecular weight is 382 g/mol. The Labute approximate surface area is 160 Å². The number of ketones is 1. The second-order valence-electron chi connectivity index (χ2n) is 6.27. The number of H-pyrrole nitrogens is 1. The van der Waals surface area contributed by atoms with Gasteiger partial charge in [0.25, 0.3) is 0 Å². The number of carbonyl (C=O) groups excluding carboxylic acids is 2. The van der Waals surface area contributed by atoms with Crippen molar-refractivity contribution in [3.8, 4) is 17.0 Å². The van der Waals surface area contributed by atoms with Crippen LogP contribution >= 0.6 is 11.6 Å². The Morgan fingerprint density at radius 2 is 2.00 bits per heavy atom. The van der Waals surface area contributed by atoms with Crippen molar-refractivity contribution in [2.75, 3.05) is 12.4 Å². The maximum atomic E-state index is 13.2. The van der Waals surface area contributed by atoms with Gasteiger partial charge in [0.15, 0.2) is 11.6 Å². The molecule has 0 spiro atoms. The molecule has 6 nitrogen and oxygen atoms in total. The highest BCUT2D eigenvalue weighted by molar-refractivity contribution is 6.30. The van der Waals surface area contributed by atoms with Crippen molar-refractivity contribution in [3.63, 3.8) is 0 Å². The second kappa shape index (κ2) is 6.89. The first-order chi connectivity index (χ1) is 13.1. The van der Waals surface area contributed by atoms with E-state index in [1.807, 2.05) is 12.1 Å². The van der Waals surface area contributed by atoms with E-state index >= 15 is 0 Å². The zero-order valence-electron chi connectivity index (χ0n) is 14.5. The Kier molecular flexibility index (Phi) is 4.41. The third-order valence-corrected chi connectivity index (χ3v) is 4.86. The van der Waals surface area contributed by atoms with Crippen LogP contribution in [0.1, 0.15) is 28.3 Å². The van der Waals surface area contributed by atoms with Crippen molar-refractivity contribution >= 4 is 29.1 Å². The third kappa shape index (κ3) is 3.19. The number of Topliss-reactive ketones (excluding diaryl/α,β-unsaturated/α-hetero) is 1. The topological polar surface area (TPSA) is 84.1 Å². The first-order valence-corrected chi connectivity index (χ1v) is 8.77. The largest absolute Gasteiger partial charge is 0.497 e. The zero-order valence-corrected chi connectivity index (χ0v) is 15.2. The van der Waals surface area contributed by atoms with Gasteiger partial charge in [-0.1, -0.05) is 35.9 Å². The summed E-state index contributed by atoms with van der Waals surface area (Å²) in [6.07, 6.45) is 0.0587. The maximum absolute atomic E-state index is 13.2. The van der Waals surface area contributed by atoms with Gasteiger partial charge in [-0.3, -0.25) is 14.7 Å². The van der Waals surface area contributed by atoms with E-state index in [0.717, 1.165) is 5.56 Å². The van der Waals surface area contributed by atoms with Crippen molar-refractivity contribution in [2.45, 2.75) is 12.3 Å². The number of halogens is 1. The van der Waals surface area contributed by atoms with Crippen molar-refractivity contribution in [3.05, 3.63) is 64.7 Å². The van der Waals surface area contributed by atoms with Gasteiger partial charge in [0.2, 0.25) is 5.91 Å². The lowest BCUT2D eigenvalue weighted by atomic mass is 9.84. The number of hydrogen-bond donors (Lipinski definition) is 2. The van der Waals surface area contributed by atoms with Crippen LogP contribution in [0.4, 0.5) is 5.82 Å². The Morgan fingerprint density at radius 1 is 1.22 bits per heavy atom. The van der Waals surface area contributed by atoms with Gasteiger partial charge < -0.3 is 10.1 Å². The number of carbonyl (C=O) groups is 2. The SMILES string of the molecule is COc1cccc(C(=O)C2CC(=O)Nc3n[nH]c(-c4ccc(Cl)cc4)c32)c1. The number of benzene rings is 2. The Bertz CT molecular complexity index is 1030. The average Bonchev–Trinajstić information content (AvgIpc) is 3.11. The lowest BCUT2D eigenvalue weighted by Crippen LogP contribution is -2.27. The second-order valence-corrected chi connectivity index (χ2v) is 6.71. The lowest BCUT2D eigenvalue weighted by Gasteiger charge is -2.22. The number of fused-ring (bicyclic) bond motifs is 1. The van der Waals surface area contributed by atoms with Gasteiger partial charge in [-0.05, 0) is 24.3 Å². The van der Waals surface area contributed by atoms with Crippen molar-refractivity contribution in [2.24, 2.45) is 0 Å². The van der Waals surface area contributed by atoms with Gasteiger partial charge in [0.05, 0.1) is 18.7 Å². The van der Waals surface area contributed by atoms with Crippen LogP contribution in [0.2, 0.25) is 5.02 Å². The van der Waals surface area contributed by atoms with Gasteiger partial charge in [0, 0.05) is 28.1 Å². The number of aromatic amines is 1. The summed E-state index contributed by atoms with van der Waals surface area (Å²) in [6.45, 7) is 0. The summed E-state index contributed by atoms with van der Waals surface area (Å²) < 4.78 is 5.21. The van der Waals surface area contributed by atoms with E-state index in [0.29, 0.717) is 33.4 Å². The summed E-state index contributed by atoms with van der Waals surface area (Å²) >= 11 is 5.97. The highest BCUT2D eigenvalue weighted by Crippen LogP contribution is 2.40. The van der Waals surface area contributed by atoms with Crippen LogP contribution in [0.5, 0.6) is 5.75 Å². The van der Waals surface area contributed by atoms with E-state index < -0.39 is 5.92 Å². The van der Waals surface area contributed by atoms with E-state index in [2.05, 4.69) is 15.5 Å². The first-order valence-electron chi connectivity index (χ1n) is 8.39. The number of aromatic nitrogens is 2. The van der Waals surface area contributed by atoms with E-state index in [1.54, 1.807) is 43.5 Å². The molecule has 1 unspecified atom stereocenters. The number of methoxy groups -OCH3 is 1. The van der Waals surface area contributed by atoms with Crippen LogP contribution in [0.3, 0.4) is 0 Å². The lowest BCUT2D eigenvalue weighted by molar-refractivity contribution is -0.116. The number of nitrogens with one attached hydrogen (secondary N) is 2. The number of nitrogens with zero attached hydrogens (tertiary/aromatic N) is 1.